The Morgan fingerprint density at radius 2 is 1.85 bits per heavy atom. The first-order valence-electron chi connectivity index (χ1n) is 12.5. The second-order valence-corrected chi connectivity index (χ2v) is 9.69. The van der Waals surface area contributed by atoms with Crippen LogP contribution in [0.3, 0.4) is 0 Å². The molecule has 0 amide bonds. The van der Waals surface area contributed by atoms with Crippen LogP contribution in [0.25, 0.3) is 28.2 Å². The molecule has 3 aromatic rings. The highest BCUT2D eigenvalue weighted by Crippen LogP contribution is 2.44. The Hall–Kier alpha value is -3.58. The summed E-state index contributed by atoms with van der Waals surface area (Å²) in [5, 5.41) is 1.40. The maximum absolute atomic E-state index is 4.51. The summed E-state index contributed by atoms with van der Waals surface area (Å²) in [5.41, 5.74) is 15.1. The van der Waals surface area contributed by atoms with Crippen LogP contribution < -0.4 is 0 Å². The standard InChI is InChI=1S/C33H31N/c1-4-28(24-11-6-5-7-12-24)23(3)19-22(2)25-17-18-32-30(21-25)29-15-10-14-27-20-26-13-8-9-16-31(26)34(32)33(27)29/h4-8,10-15,19,21H,2,9,16-18,20H2,1,3H3/b23-19-,28-4+. The smallest absolute Gasteiger partial charge is 0.0569 e. The number of benzene rings is 2. The van der Waals surface area contributed by atoms with Crippen LogP contribution in [0.1, 0.15) is 55.5 Å². The fraction of sp³-hybridized carbons (Fsp3) is 0.212. The van der Waals surface area contributed by atoms with Crippen LogP contribution in [0.15, 0.2) is 102 Å². The van der Waals surface area contributed by atoms with Gasteiger partial charge in [0.2, 0.25) is 0 Å². The van der Waals surface area contributed by atoms with Crippen molar-refractivity contribution < 1.29 is 0 Å². The minimum Gasteiger partial charge on any atom is -0.316 e. The first kappa shape index (κ1) is 21.0. The van der Waals surface area contributed by atoms with E-state index < -0.39 is 0 Å². The van der Waals surface area contributed by atoms with Crippen LogP contribution in [0.2, 0.25) is 0 Å². The second-order valence-electron chi connectivity index (χ2n) is 9.69. The molecule has 0 spiro atoms. The summed E-state index contributed by atoms with van der Waals surface area (Å²) in [4.78, 5) is 0. The third kappa shape index (κ3) is 3.30. The average Bonchev–Trinajstić information content (AvgIpc) is 3.21. The molecule has 0 unspecified atom stereocenters. The Morgan fingerprint density at radius 3 is 2.68 bits per heavy atom. The number of nitrogens with zero attached hydrogens (tertiary/aromatic N) is 1. The molecule has 6 rings (SSSR count). The molecule has 3 aliphatic rings. The fourth-order valence-corrected chi connectivity index (χ4v) is 6.08. The molecule has 0 radical (unpaired) electrons. The summed E-state index contributed by atoms with van der Waals surface area (Å²) in [6.45, 7) is 8.83. The van der Waals surface area contributed by atoms with Crippen LogP contribution in [0.4, 0.5) is 0 Å². The maximum atomic E-state index is 4.51. The van der Waals surface area contributed by atoms with E-state index in [0.29, 0.717) is 0 Å². The highest BCUT2D eigenvalue weighted by Gasteiger charge is 2.28. The summed E-state index contributed by atoms with van der Waals surface area (Å²) in [6, 6.07) is 17.5. The molecule has 0 saturated heterocycles. The molecule has 1 heteroatoms. The van der Waals surface area contributed by atoms with Gasteiger partial charge in [-0.2, -0.15) is 0 Å². The quantitative estimate of drug-likeness (QED) is 0.357. The number of hydrogen-bond acceptors (Lipinski definition) is 0. The van der Waals surface area contributed by atoms with Crippen molar-refractivity contribution >= 4 is 28.2 Å². The van der Waals surface area contributed by atoms with Gasteiger partial charge in [-0.25, -0.2) is 0 Å². The lowest BCUT2D eigenvalue weighted by Gasteiger charge is -2.27. The normalized spacial score (nSPS) is 17.5. The molecule has 168 valence electrons. The van der Waals surface area contributed by atoms with Gasteiger partial charge in [-0.15, -0.1) is 0 Å². The lowest BCUT2D eigenvalue weighted by atomic mass is 9.89. The Bertz CT molecular complexity index is 1480. The molecule has 0 N–H and O–H groups in total. The van der Waals surface area contributed by atoms with E-state index in [4.69, 9.17) is 0 Å². The average molecular weight is 442 g/mol. The van der Waals surface area contributed by atoms with Crippen molar-refractivity contribution in [2.45, 2.75) is 46.0 Å². The van der Waals surface area contributed by atoms with Crippen LogP contribution in [-0.4, -0.2) is 4.57 Å². The molecule has 0 fully saturated rings. The third-order valence-corrected chi connectivity index (χ3v) is 7.65. The van der Waals surface area contributed by atoms with Gasteiger partial charge in [0.05, 0.1) is 5.52 Å². The Balaban J connectivity index is 1.41. The van der Waals surface area contributed by atoms with Gasteiger partial charge in [0, 0.05) is 28.8 Å². The predicted octanol–water partition coefficient (Wildman–Crippen LogP) is 8.69. The van der Waals surface area contributed by atoms with Gasteiger partial charge < -0.3 is 4.57 Å². The highest BCUT2D eigenvalue weighted by molar-refractivity contribution is 5.98. The van der Waals surface area contributed by atoms with Crippen molar-refractivity contribution in [3.63, 3.8) is 0 Å². The zero-order valence-electron chi connectivity index (χ0n) is 20.2. The van der Waals surface area contributed by atoms with E-state index >= 15 is 0 Å². The predicted molar refractivity (Wildman–Crippen MR) is 147 cm³/mol. The number of hydrogen-bond donors (Lipinski definition) is 0. The SMILES string of the molecule is C=C(/C=C(C)\C(=C/C)c1ccccc1)C1=Cc2c(n3c4c(cccc24)CC2=C3CCC=C2)CC1. The molecule has 0 saturated carbocycles. The largest absolute Gasteiger partial charge is 0.316 e. The minimum atomic E-state index is 1.04. The Labute approximate surface area is 202 Å². The first-order valence-corrected chi connectivity index (χ1v) is 12.5. The number of aromatic nitrogens is 1. The Kier molecular flexibility index (Phi) is 5.14. The van der Waals surface area contributed by atoms with Gasteiger partial charge >= 0.3 is 0 Å². The van der Waals surface area contributed by atoms with Crippen molar-refractivity contribution in [2.75, 3.05) is 0 Å². The molecular weight excluding hydrogens is 410 g/mol. The fourth-order valence-electron chi connectivity index (χ4n) is 6.08. The van der Waals surface area contributed by atoms with Crippen molar-refractivity contribution in [1.82, 2.24) is 4.57 Å². The van der Waals surface area contributed by atoms with E-state index in [1.54, 1.807) is 0 Å². The van der Waals surface area contributed by atoms with E-state index in [2.05, 4.69) is 104 Å². The van der Waals surface area contributed by atoms with Gasteiger partial charge in [-0.1, -0.05) is 79.4 Å². The van der Waals surface area contributed by atoms with E-state index in [1.165, 1.54) is 61.3 Å². The maximum Gasteiger partial charge on any atom is 0.0569 e. The summed E-state index contributed by atoms with van der Waals surface area (Å²) in [6.07, 6.45) is 17.1. The van der Waals surface area contributed by atoms with E-state index in [0.717, 1.165) is 37.7 Å². The van der Waals surface area contributed by atoms with Crippen LogP contribution in [0.5, 0.6) is 0 Å². The topological polar surface area (TPSA) is 4.93 Å². The number of para-hydroxylation sites is 1. The van der Waals surface area contributed by atoms with Crippen LogP contribution in [-0.2, 0) is 12.8 Å². The molecule has 1 nitrogen and oxygen atoms in total. The second kappa shape index (κ2) is 8.33. The summed E-state index contributed by atoms with van der Waals surface area (Å²) >= 11 is 0. The monoisotopic (exact) mass is 441 g/mol. The van der Waals surface area contributed by atoms with Crippen molar-refractivity contribution in [3.05, 3.63) is 124 Å². The highest BCUT2D eigenvalue weighted by atomic mass is 15.0. The lowest BCUT2D eigenvalue weighted by molar-refractivity contribution is 0.827. The van der Waals surface area contributed by atoms with Gasteiger partial charge in [0.15, 0.2) is 0 Å². The number of allylic oxidation sites excluding steroid dienone is 10. The number of rotatable bonds is 4. The molecular formula is C33H31N. The summed E-state index contributed by atoms with van der Waals surface area (Å²) < 4.78 is 2.62. The zero-order chi connectivity index (χ0) is 23.2. The summed E-state index contributed by atoms with van der Waals surface area (Å²) in [7, 11) is 0. The van der Waals surface area contributed by atoms with Crippen molar-refractivity contribution in [3.8, 4) is 0 Å². The lowest BCUT2D eigenvalue weighted by Crippen LogP contribution is -2.14. The van der Waals surface area contributed by atoms with Gasteiger partial charge in [-0.3, -0.25) is 0 Å². The van der Waals surface area contributed by atoms with Gasteiger partial charge in [-0.05, 0) is 84.6 Å². The molecule has 0 atom stereocenters. The molecule has 2 aliphatic carbocycles. The molecule has 1 aromatic heterocycles. The van der Waals surface area contributed by atoms with Crippen LogP contribution >= 0.6 is 0 Å². The minimum absolute atomic E-state index is 1.04. The molecule has 2 aromatic carbocycles. The van der Waals surface area contributed by atoms with Gasteiger partial charge in [0.1, 0.15) is 0 Å². The molecule has 0 bridgehead atoms. The molecule has 1 aliphatic heterocycles. The van der Waals surface area contributed by atoms with Crippen LogP contribution in [0, 0.1) is 0 Å². The van der Waals surface area contributed by atoms with Crippen molar-refractivity contribution in [1.29, 1.82) is 0 Å². The van der Waals surface area contributed by atoms with E-state index in [9.17, 15) is 0 Å². The molecule has 2 heterocycles. The van der Waals surface area contributed by atoms with Gasteiger partial charge in [0.25, 0.3) is 0 Å². The Morgan fingerprint density at radius 1 is 1.00 bits per heavy atom. The van der Waals surface area contributed by atoms with Crippen molar-refractivity contribution in [2.24, 2.45) is 0 Å². The molecule has 34 heavy (non-hydrogen) atoms. The zero-order valence-corrected chi connectivity index (χ0v) is 20.2. The van der Waals surface area contributed by atoms with E-state index in [-0.39, 0.29) is 0 Å². The van der Waals surface area contributed by atoms with E-state index in [1.807, 2.05) is 0 Å². The number of fused-ring (bicyclic) bond motifs is 4. The first-order chi connectivity index (χ1) is 16.7. The third-order valence-electron chi connectivity index (χ3n) is 7.65. The summed E-state index contributed by atoms with van der Waals surface area (Å²) in [5.74, 6) is 0.